The Balaban J connectivity index is 2.56. The number of nitrogens with one attached hydrogen (secondary N) is 1. The summed E-state index contributed by atoms with van der Waals surface area (Å²) in [6, 6.07) is 6.75. The lowest BCUT2D eigenvalue weighted by Gasteiger charge is -2.22. The molecule has 0 saturated heterocycles. The van der Waals surface area contributed by atoms with Gasteiger partial charge in [-0.25, -0.2) is 0 Å². The number of H-pyrrole nitrogens is 1. The van der Waals surface area contributed by atoms with E-state index in [-0.39, 0.29) is 6.04 Å². The number of aryl methyl sites for hydroxylation is 1. The molecule has 0 aliphatic heterocycles. The normalized spacial score (nSPS) is 13.5. The summed E-state index contributed by atoms with van der Waals surface area (Å²) in [5, 5.41) is 1.30. The summed E-state index contributed by atoms with van der Waals surface area (Å²) >= 11 is 0. The Hall–Kier alpha value is -1.32. The van der Waals surface area contributed by atoms with Crippen LogP contribution in [0.1, 0.15) is 24.1 Å². The van der Waals surface area contributed by atoms with Crippen LogP contribution in [-0.4, -0.2) is 30.5 Å². The fourth-order valence-corrected chi connectivity index (χ4v) is 2.43. The Morgan fingerprint density at radius 1 is 1.35 bits per heavy atom. The summed E-state index contributed by atoms with van der Waals surface area (Å²) in [4.78, 5) is 5.56. The molecule has 0 bridgehead atoms. The summed E-state index contributed by atoms with van der Waals surface area (Å²) in [5.41, 5.74) is 9.78. The molecule has 0 radical (unpaired) electrons. The van der Waals surface area contributed by atoms with Gasteiger partial charge in [-0.3, -0.25) is 0 Å². The molecule has 0 amide bonds. The lowest BCUT2D eigenvalue weighted by molar-refractivity contribution is 0.308. The van der Waals surface area contributed by atoms with Crippen molar-refractivity contribution >= 4 is 10.9 Å². The Morgan fingerprint density at radius 2 is 2.12 bits per heavy atom. The molecule has 1 aromatic heterocycles. The van der Waals surface area contributed by atoms with Gasteiger partial charge in [-0.05, 0) is 31.6 Å². The topological polar surface area (TPSA) is 45.0 Å². The highest BCUT2D eigenvalue weighted by Gasteiger charge is 2.16. The van der Waals surface area contributed by atoms with E-state index in [9.17, 15) is 0 Å². The van der Waals surface area contributed by atoms with Crippen molar-refractivity contribution in [1.82, 2.24) is 9.88 Å². The zero-order valence-electron chi connectivity index (χ0n) is 10.8. The third-order valence-corrected chi connectivity index (χ3v) is 3.42. The average molecular weight is 231 g/mol. The van der Waals surface area contributed by atoms with E-state index in [0.717, 1.165) is 6.42 Å². The van der Waals surface area contributed by atoms with Crippen LogP contribution in [0.5, 0.6) is 0 Å². The van der Waals surface area contributed by atoms with Crippen molar-refractivity contribution in [3.63, 3.8) is 0 Å². The maximum Gasteiger partial charge on any atom is 0.0489 e. The molecule has 92 valence electrons. The number of para-hydroxylation sites is 1. The van der Waals surface area contributed by atoms with E-state index in [0.29, 0.717) is 6.54 Å². The van der Waals surface area contributed by atoms with Crippen LogP contribution in [0.15, 0.2) is 24.4 Å². The average Bonchev–Trinajstić information content (AvgIpc) is 2.73. The molecule has 0 aliphatic carbocycles. The molecule has 0 fully saturated rings. The van der Waals surface area contributed by atoms with Crippen LogP contribution in [0.4, 0.5) is 0 Å². The number of likely N-dealkylation sites (N-methyl/N-ethyl adjacent to an activating group) is 1. The summed E-state index contributed by atoms with van der Waals surface area (Å²) in [5.74, 6) is 0. The molecule has 3 heteroatoms. The highest BCUT2D eigenvalue weighted by atomic mass is 15.1. The van der Waals surface area contributed by atoms with Gasteiger partial charge in [0.15, 0.2) is 0 Å². The third kappa shape index (κ3) is 2.08. The van der Waals surface area contributed by atoms with E-state index in [1.54, 1.807) is 0 Å². The van der Waals surface area contributed by atoms with Gasteiger partial charge in [0.25, 0.3) is 0 Å². The second kappa shape index (κ2) is 4.90. The standard InChI is InChI=1S/C14H21N3/c1-4-10-6-5-7-11-12(9-16-14(10)11)13(8-15)17(2)3/h5-7,9,13,16H,4,8,15H2,1-3H3/t13-/m0/s1. The number of aromatic amines is 1. The largest absolute Gasteiger partial charge is 0.361 e. The Bertz CT molecular complexity index is 499. The summed E-state index contributed by atoms with van der Waals surface area (Å²) in [6.07, 6.45) is 3.15. The number of nitrogens with two attached hydrogens (primary N) is 1. The predicted octanol–water partition coefficient (Wildman–Crippen LogP) is 2.29. The van der Waals surface area contributed by atoms with Crippen molar-refractivity contribution < 1.29 is 0 Å². The Kier molecular flexibility index (Phi) is 3.50. The predicted molar refractivity (Wildman–Crippen MR) is 73.2 cm³/mol. The summed E-state index contributed by atoms with van der Waals surface area (Å²) in [7, 11) is 4.14. The minimum Gasteiger partial charge on any atom is -0.361 e. The van der Waals surface area contributed by atoms with Crippen LogP contribution in [0.2, 0.25) is 0 Å². The van der Waals surface area contributed by atoms with Gasteiger partial charge in [-0.2, -0.15) is 0 Å². The zero-order chi connectivity index (χ0) is 12.4. The first-order valence-corrected chi connectivity index (χ1v) is 6.14. The molecule has 3 N–H and O–H groups in total. The highest BCUT2D eigenvalue weighted by molar-refractivity contribution is 5.86. The van der Waals surface area contributed by atoms with Gasteiger partial charge < -0.3 is 15.6 Å². The molecule has 1 atom stereocenters. The Morgan fingerprint density at radius 3 is 2.71 bits per heavy atom. The molecule has 0 unspecified atom stereocenters. The van der Waals surface area contributed by atoms with Gasteiger partial charge in [-0.15, -0.1) is 0 Å². The number of benzene rings is 1. The van der Waals surface area contributed by atoms with Crippen molar-refractivity contribution in [2.24, 2.45) is 5.73 Å². The Labute approximate surface area is 103 Å². The number of hydrogen-bond donors (Lipinski definition) is 2. The van der Waals surface area contributed by atoms with E-state index < -0.39 is 0 Å². The SMILES string of the molecule is CCc1cccc2c([C@H](CN)N(C)C)c[nH]c12. The van der Waals surface area contributed by atoms with Gasteiger partial charge in [0.05, 0.1) is 0 Å². The van der Waals surface area contributed by atoms with Gasteiger partial charge >= 0.3 is 0 Å². The highest BCUT2D eigenvalue weighted by Crippen LogP contribution is 2.28. The van der Waals surface area contributed by atoms with Crippen molar-refractivity contribution in [3.8, 4) is 0 Å². The second-order valence-electron chi connectivity index (χ2n) is 4.65. The fourth-order valence-electron chi connectivity index (χ4n) is 2.43. The zero-order valence-corrected chi connectivity index (χ0v) is 10.8. The fraction of sp³-hybridized carbons (Fsp3) is 0.429. The number of aromatic nitrogens is 1. The second-order valence-corrected chi connectivity index (χ2v) is 4.65. The first-order valence-electron chi connectivity index (χ1n) is 6.14. The van der Waals surface area contributed by atoms with Gasteiger partial charge in [0.1, 0.15) is 0 Å². The summed E-state index contributed by atoms with van der Waals surface area (Å²) < 4.78 is 0. The van der Waals surface area contributed by atoms with Crippen molar-refractivity contribution in [2.45, 2.75) is 19.4 Å². The quantitative estimate of drug-likeness (QED) is 0.848. The van der Waals surface area contributed by atoms with Crippen molar-refractivity contribution in [1.29, 1.82) is 0 Å². The van der Waals surface area contributed by atoms with Crippen LogP contribution in [0.3, 0.4) is 0 Å². The smallest absolute Gasteiger partial charge is 0.0489 e. The molecule has 17 heavy (non-hydrogen) atoms. The minimum absolute atomic E-state index is 0.274. The van der Waals surface area contributed by atoms with Gasteiger partial charge in [0.2, 0.25) is 0 Å². The molecule has 1 heterocycles. The van der Waals surface area contributed by atoms with Crippen molar-refractivity contribution in [3.05, 3.63) is 35.5 Å². The van der Waals surface area contributed by atoms with E-state index in [1.165, 1.54) is 22.0 Å². The molecule has 2 rings (SSSR count). The van der Waals surface area contributed by atoms with Crippen LogP contribution in [-0.2, 0) is 6.42 Å². The maximum atomic E-state index is 5.87. The first-order chi connectivity index (χ1) is 8.19. The molecule has 2 aromatic rings. The van der Waals surface area contributed by atoms with Crippen molar-refractivity contribution in [2.75, 3.05) is 20.6 Å². The molecule has 0 saturated carbocycles. The monoisotopic (exact) mass is 231 g/mol. The van der Waals surface area contributed by atoms with Crippen LogP contribution in [0, 0.1) is 0 Å². The van der Waals surface area contributed by atoms with E-state index in [4.69, 9.17) is 5.73 Å². The maximum absolute atomic E-state index is 5.87. The van der Waals surface area contributed by atoms with E-state index in [1.807, 2.05) is 0 Å². The molecular weight excluding hydrogens is 210 g/mol. The van der Waals surface area contributed by atoms with Gasteiger partial charge in [0, 0.05) is 29.7 Å². The molecule has 1 aromatic carbocycles. The molecule has 0 aliphatic rings. The number of hydrogen-bond acceptors (Lipinski definition) is 2. The first kappa shape index (κ1) is 12.1. The van der Waals surface area contributed by atoms with E-state index in [2.05, 4.69) is 55.3 Å². The van der Waals surface area contributed by atoms with Crippen LogP contribution in [0.25, 0.3) is 10.9 Å². The van der Waals surface area contributed by atoms with E-state index >= 15 is 0 Å². The number of rotatable bonds is 4. The lowest BCUT2D eigenvalue weighted by Crippen LogP contribution is -2.26. The minimum atomic E-state index is 0.274. The summed E-state index contributed by atoms with van der Waals surface area (Å²) in [6.45, 7) is 2.82. The third-order valence-electron chi connectivity index (χ3n) is 3.42. The number of nitrogens with zero attached hydrogens (tertiary/aromatic N) is 1. The lowest BCUT2D eigenvalue weighted by atomic mass is 10.0. The van der Waals surface area contributed by atoms with Crippen LogP contribution < -0.4 is 5.73 Å². The molecule has 3 nitrogen and oxygen atoms in total. The molecule has 0 spiro atoms. The number of fused-ring (bicyclic) bond motifs is 1. The molecular formula is C14H21N3. The van der Waals surface area contributed by atoms with Crippen LogP contribution >= 0.6 is 0 Å². The van der Waals surface area contributed by atoms with Gasteiger partial charge in [-0.1, -0.05) is 25.1 Å².